The molecule has 0 saturated carbocycles. The molecule has 0 aliphatic carbocycles. The molecule has 0 atom stereocenters. The van der Waals surface area contributed by atoms with E-state index in [-0.39, 0.29) is 55.2 Å². The number of halogens is 2. The number of benzene rings is 2. The van der Waals surface area contributed by atoms with Crippen LogP contribution in [0.25, 0.3) is 22.4 Å². The van der Waals surface area contributed by atoms with Gasteiger partial charge < -0.3 is 14.2 Å². The van der Waals surface area contributed by atoms with E-state index in [2.05, 4.69) is 20.1 Å². The summed E-state index contributed by atoms with van der Waals surface area (Å²) in [5, 5.41) is 5.33. The number of methoxy groups -OCH3 is 1. The molecule has 3 heterocycles. The molecule has 2 aromatic carbocycles. The molecule has 5 aromatic rings. The van der Waals surface area contributed by atoms with Crippen LogP contribution in [0.2, 0.25) is 0 Å². The number of anilines is 2. The number of ether oxygens (including phenoxy) is 3. The molecule has 10 nitrogen and oxygen atoms in total. The van der Waals surface area contributed by atoms with Gasteiger partial charge in [-0.15, -0.1) is 0 Å². The van der Waals surface area contributed by atoms with E-state index < -0.39 is 11.6 Å². The Kier molecular flexibility index (Phi) is 9.05. The highest BCUT2D eigenvalue weighted by Crippen LogP contribution is 2.30. The predicted molar refractivity (Wildman–Crippen MR) is 151 cm³/mol. The molecule has 1 amide bonds. The first kappa shape index (κ1) is 28.7. The van der Waals surface area contributed by atoms with Crippen molar-refractivity contribution in [2.45, 2.75) is 13.5 Å². The topological polar surface area (TPSA) is 104 Å². The number of carbonyl (C=O) groups is 1. The van der Waals surface area contributed by atoms with Gasteiger partial charge in [0.2, 0.25) is 0 Å². The molecular formula is C30H28F2N6O4. The van der Waals surface area contributed by atoms with Gasteiger partial charge in [-0.25, -0.2) is 18.7 Å². The average Bonchev–Trinajstić information content (AvgIpc) is 3.37. The van der Waals surface area contributed by atoms with Gasteiger partial charge in [-0.2, -0.15) is 5.10 Å². The first-order chi connectivity index (χ1) is 20.5. The van der Waals surface area contributed by atoms with Crippen molar-refractivity contribution in [3.63, 3.8) is 0 Å². The summed E-state index contributed by atoms with van der Waals surface area (Å²) in [5.74, 6) is -1.21. The number of carbonyl (C=O) groups excluding carboxylic acids is 1. The Bertz CT molecular complexity index is 1660. The van der Waals surface area contributed by atoms with Crippen LogP contribution in [0.15, 0.2) is 73.2 Å². The summed E-state index contributed by atoms with van der Waals surface area (Å²) in [6, 6.07) is 14.5. The van der Waals surface area contributed by atoms with Crippen LogP contribution < -0.4 is 9.64 Å². The molecule has 0 radical (unpaired) electrons. The van der Waals surface area contributed by atoms with E-state index in [1.54, 1.807) is 56.8 Å². The molecule has 0 aliphatic heterocycles. The van der Waals surface area contributed by atoms with E-state index in [1.165, 1.54) is 15.8 Å². The van der Waals surface area contributed by atoms with Gasteiger partial charge >= 0.3 is 0 Å². The normalized spacial score (nSPS) is 11.1. The number of nitrogens with zero attached hydrogens (tertiary/aromatic N) is 6. The predicted octanol–water partition coefficient (Wildman–Crippen LogP) is 4.94. The van der Waals surface area contributed by atoms with E-state index in [1.807, 2.05) is 12.1 Å². The Morgan fingerprint density at radius 2 is 1.76 bits per heavy atom. The fraction of sp³-hybridized carbons (Fsp3) is 0.233. The summed E-state index contributed by atoms with van der Waals surface area (Å²) >= 11 is 0. The Hall–Kier alpha value is -4.81. The van der Waals surface area contributed by atoms with E-state index >= 15 is 0 Å². The molecule has 5 rings (SSSR count). The van der Waals surface area contributed by atoms with Crippen molar-refractivity contribution in [2.24, 2.45) is 0 Å². The summed E-state index contributed by atoms with van der Waals surface area (Å²) in [4.78, 5) is 27.8. The zero-order chi connectivity index (χ0) is 29.5. The number of hydrogen-bond donors (Lipinski definition) is 0. The van der Waals surface area contributed by atoms with Gasteiger partial charge in [0, 0.05) is 48.8 Å². The van der Waals surface area contributed by atoms with E-state index in [9.17, 15) is 13.6 Å². The zero-order valence-electron chi connectivity index (χ0n) is 23.0. The third-order valence-corrected chi connectivity index (χ3v) is 6.30. The molecular weight excluding hydrogens is 546 g/mol. The number of aromatic nitrogens is 5. The van der Waals surface area contributed by atoms with Crippen LogP contribution in [0, 0.1) is 11.6 Å². The number of amides is 1. The molecule has 0 bridgehead atoms. The van der Waals surface area contributed by atoms with Crippen LogP contribution in [-0.4, -0.2) is 64.2 Å². The van der Waals surface area contributed by atoms with E-state index in [0.717, 1.165) is 12.1 Å². The maximum absolute atomic E-state index is 14.9. The molecule has 3 aromatic heterocycles. The number of pyridine rings is 1. The van der Waals surface area contributed by atoms with Crippen LogP contribution in [0.4, 0.5) is 20.3 Å². The van der Waals surface area contributed by atoms with Crippen LogP contribution >= 0.6 is 0 Å². The van der Waals surface area contributed by atoms with E-state index in [0.29, 0.717) is 28.9 Å². The van der Waals surface area contributed by atoms with Crippen molar-refractivity contribution < 1.29 is 27.8 Å². The van der Waals surface area contributed by atoms with Gasteiger partial charge in [-0.05, 0) is 31.2 Å². The van der Waals surface area contributed by atoms with Gasteiger partial charge in [-0.3, -0.25) is 19.4 Å². The fourth-order valence-corrected chi connectivity index (χ4v) is 4.39. The van der Waals surface area contributed by atoms with Gasteiger partial charge in [0.05, 0.1) is 37.6 Å². The zero-order valence-corrected chi connectivity index (χ0v) is 23.0. The van der Waals surface area contributed by atoms with Crippen LogP contribution in [-0.2, 0) is 20.8 Å². The van der Waals surface area contributed by atoms with Crippen molar-refractivity contribution in [3.05, 3.63) is 90.4 Å². The van der Waals surface area contributed by atoms with Gasteiger partial charge in [0.1, 0.15) is 35.5 Å². The summed E-state index contributed by atoms with van der Waals surface area (Å²) in [5.41, 5.74) is 1.39. The number of fused-ring (bicyclic) bond motifs is 1. The Balaban J connectivity index is 1.52. The van der Waals surface area contributed by atoms with Crippen molar-refractivity contribution in [1.82, 2.24) is 24.7 Å². The maximum atomic E-state index is 14.9. The Labute approximate surface area is 240 Å². The third kappa shape index (κ3) is 6.24. The van der Waals surface area contributed by atoms with E-state index in [4.69, 9.17) is 14.2 Å². The minimum Gasteiger partial charge on any atom is -0.494 e. The second-order valence-corrected chi connectivity index (χ2v) is 9.04. The second-order valence-electron chi connectivity index (χ2n) is 9.04. The monoisotopic (exact) mass is 574 g/mol. The van der Waals surface area contributed by atoms with Crippen molar-refractivity contribution in [1.29, 1.82) is 0 Å². The smallest absolute Gasteiger partial charge is 0.258 e. The minimum atomic E-state index is -0.739. The first-order valence-corrected chi connectivity index (χ1v) is 13.2. The number of rotatable bonds is 12. The summed E-state index contributed by atoms with van der Waals surface area (Å²) in [6.45, 7) is 2.24. The highest BCUT2D eigenvalue weighted by Gasteiger charge is 2.23. The molecule has 216 valence electrons. The maximum Gasteiger partial charge on any atom is 0.258 e. The molecule has 0 N–H and O–H groups in total. The van der Waals surface area contributed by atoms with Crippen molar-refractivity contribution in [2.75, 3.05) is 38.4 Å². The third-order valence-electron chi connectivity index (χ3n) is 6.30. The molecule has 0 saturated heterocycles. The highest BCUT2D eigenvalue weighted by atomic mass is 19.1. The SMILES string of the molecule is CCOc1cc(F)c(Cn2nc(-c3nccc(N(C(=O)COCCOC)c4ccncc4)n3)c3ccccc32)c(F)c1. The lowest BCUT2D eigenvalue weighted by Gasteiger charge is -2.22. The molecule has 0 aliphatic rings. The fourth-order valence-electron chi connectivity index (χ4n) is 4.39. The molecule has 42 heavy (non-hydrogen) atoms. The minimum absolute atomic E-state index is 0.116. The van der Waals surface area contributed by atoms with Crippen molar-refractivity contribution in [3.8, 4) is 17.3 Å². The van der Waals surface area contributed by atoms with Crippen LogP contribution in [0.5, 0.6) is 5.75 Å². The molecule has 0 spiro atoms. The lowest BCUT2D eigenvalue weighted by atomic mass is 10.1. The summed E-state index contributed by atoms with van der Waals surface area (Å²) in [6.07, 6.45) is 4.65. The Morgan fingerprint density at radius 1 is 1.00 bits per heavy atom. The van der Waals surface area contributed by atoms with Crippen LogP contribution in [0.3, 0.4) is 0 Å². The van der Waals surface area contributed by atoms with Gasteiger partial charge in [-0.1, -0.05) is 18.2 Å². The lowest BCUT2D eigenvalue weighted by Crippen LogP contribution is -2.31. The Morgan fingerprint density at radius 3 is 2.50 bits per heavy atom. The molecule has 0 unspecified atom stereocenters. The summed E-state index contributed by atoms with van der Waals surface area (Å²) < 4.78 is 47.0. The first-order valence-electron chi connectivity index (χ1n) is 13.2. The van der Waals surface area contributed by atoms with Crippen LogP contribution in [0.1, 0.15) is 12.5 Å². The summed E-state index contributed by atoms with van der Waals surface area (Å²) in [7, 11) is 1.55. The largest absolute Gasteiger partial charge is 0.494 e. The van der Waals surface area contributed by atoms with Crippen molar-refractivity contribution >= 4 is 28.3 Å². The number of para-hydroxylation sites is 1. The standard InChI is InChI=1S/C30H28F2N6O4/c1-3-42-21-16-24(31)23(25(32)17-21)18-37-26-7-5-4-6-22(26)29(36-37)30-34-13-10-27(35-30)38(20-8-11-33-12-9-20)28(39)19-41-15-14-40-2/h4-13,16-17H,3,14-15,18-19H2,1-2H3. The number of hydrogen-bond acceptors (Lipinski definition) is 8. The van der Waals surface area contributed by atoms with Gasteiger partial charge in [0.25, 0.3) is 5.91 Å². The average molecular weight is 575 g/mol. The molecule has 0 fully saturated rings. The lowest BCUT2D eigenvalue weighted by molar-refractivity contribution is -0.122. The molecule has 12 heteroatoms. The van der Waals surface area contributed by atoms with Gasteiger partial charge in [0.15, 0.2) is 5.82 Å². The second kappa shape index (κ2) is 13.2. The quantitative estimate of drug-likeness (QED) is 0.193. The highest BCUT2D eigenvalue weighted by molar-refractivity contribution is 6.00.